The maximum atomic E-state index is 10.5. The highest BCUT2D eigenvalue weighted by molar-refractivity contribution is 6.01. The van der Waals surface area contributed by atoms with Gasteiger partial charge in [0.25, 0.3) is 0 Å². The molecule has 1 heterocycles. The van der Waals surface area contributed by atoms with Crippen LogP contribution in [0.1, 0.15) is 18.4 Å². The number of aromatic hydroxyl groups is 1. The second-order valence-electron chi connectivity index (χ2n) is 4.56. The average Bonchev–Trinajstić information content (AvgIpc) is 2.74. The number of aromatic amines is 1. The number of nitrogens with zero attached hydrogens (tertiary/aromatic N) is 1. The largest absolute Gasteiger partial charge is 0.494 e. The predicted octanol–water partition coefficient (Wildman–Crippen LogP) is 1.91. The Morgan fingerprint density at radius 1 is 1.43 bits per heavy atom. The molecule has 1 aromatic heterocycles. The van der Waals surface area contributed by atoms with Crippen molar-refractivity contribution in [1.29, 1.82) is 0 Å². The number of H-pyrrole nitrogens is 1. The maximum absolute atomic E-state index is 10.5. The Morgan fingerprint density at radius 2 is 2.14 bits per heavy atom. The van der Waals surface area contributed by atoms with E-state index in [9.17, 15) is 9.90 Å². The quantitative estimate of drug-likeness (QED) is 0.482. The van der Waals surface area contributed by atoms with Crippen LogP contribution in [0.2, 0.25) is 0 Å². The Labute approximate surface area is 128 Å². The highest BCUT2D eigenvalue weighted by Gasteiger charge is 2.10. The number of carboxylic acids is 1. The lowest BCUT2D eigenvalue weighted by molar-refractivity contribution is -0.138. The number of carbonyl (C=O) groups is 1. The van der Waals surface area contributed by atoms with Gasteiger partial charge < -0.3 is 20.9 Å². The van der Waals surface area contributed by atoms with Crippen LogP contribution < -0.4 is 5.73 Å². The molecular weight excluding hydrogens is 294 g/mol. The van der Waals surface area contributed by atoms with Crippen molar-refractivity contribution >= 4 is 35.5 Å². The van der Waals surface area contributed by atoms with E-state index in [1.54, 1.807) is 6.21 Å². The second kappa shape index (κ2) is 7.66. The van der Waals surface area contributed by atoms with Crippen molar-refractivity contribution in [2.75, 3.05) is 6.54 Å². The molecule has 0 radical (unpaired) electrons. The lowest BCUT2D eigenvalue weighted by Crippen LogP contribution is -2.29. The second-order valence-corrected chi connectivity index (χ2v) is 4.56. The molecule has 2 rings (SSSR count). The zero-order valence-corrected chi connectivity index (χ0v) is 12.1. The number of aromatic nitrogens is 1. The summed E-state index contributed by atoms with van der Waals surface area (Å²) in [6.07, 6.45) is 2.57. The Kier molecular flexibility index (Phi) is 6.20. The minimum absolute atomic E-state index is 0. The molecule has 0 aliphatic carbocycles. The minimum atomic E-state index is -0.997. The van der Waals surface area contributed by atoms with Crippen LogP contribution in [0, 0.1) is 0 Å². The lowest BCUT2D eigenvalue weighted by Gasteiger charge is -2.03. The molecule has 0 aliphatic heterocycles. The normalized spacial score (nSPS) is 12.4. The highest BCUT2D eigenvalue weighted by Crippen LogP contribution is 2.24. The first kappa shape index (κ1) is 17.0. The van der Waals surface area contributed by atoms with Gasteiger partial charge in [0.15, 0.2) is 5.88 Å². The number of hydrogen-bond donors (Lipinski definition) is 4. The van der Waals surface area contributed by atoms with Crippen LogP contribution in [-0.2, 0) is 4.79 Å². The molecule has 0 amide bonds. The molecule has 1 aromatic carbocycles. The van der Waals surface area contributed by atoms with Gasteiger partial charge in [-0.25, -0.2) is 0 Å². The van der Waals surface area contributed by atoms with Gasteiger partial charge in [0, 0.05) is 23.7 Å². The number of fused-ring (bicyclic) bond motifs is 1. The molecule has 0 fully saturated rings. The van der Waals surface area contributed by atoms with E-state index in [1.165, 1.54) is 0 Å². The van der Waals surface area contributed by atoms with Crippen molar-refractivity contribution < 1.29 is 15.0 Å². The van der Waals surface area contributed by atoms with Crippen molar-refractivity contribution in [1.82, 2.24) is 4.98 Å². The molecule has 0 aliphatic rings. The van der Waals surface area contributed by atoms with Crippen LogP contribution in [-0.4, -0.2) is 40.0 Å². The zero-order chi connectivity index (χ0) is 14.5. The molecule has 0 bridgehead atoms. The van der Waals surface area contributed by atoms with E-state index < -0.39 is 12.0 Å². The average molecular weight is 312 g/mol. The monoisotopic (exact) mass is 311 g/mol. The van der Waals surface area contributed by atoms with E-state index in [0.717, 1.165) is 10.9 Å². The molecular formula is C14H18ClN3O3. The number of benzene rings is 1. The van der Waals surface area contributed by atoms with E-state index in [0.29, 0.717) is 24.9 Å². The first-order valence-corrected chi connectivity index (χ1v) is 6.37. The third-order valence-electron chi connectivity index (χ3n) is 3.07. The van der Waals surface area contributed by atoms with Gasteiger partial charge in [-0.3, -0.25) is 9.79 Å². The lowest BCUT2D eigenvalue weighted by atomic mass is 10.1. The van der Waals surface area contributed by atoms with Crippen molar-refractivity contribution in [2.24, 2.45) is 10.7 Å². The number of nitrogens with two attached hydrogens (primary N) is 1. The Morgan fingerprint density at radius 3 is 2.86 bits per heavy atom. The first-order valence-electron chi connectivity index (χ1n) is 6.37. The van der Waals surface area contributed by atoms with E-state index in [2.05, 4.69) is 9.98 Å². The van der Waals surface area contributed by atoms with Crippen LogP contribution in [0.25, 0.3) is 10.9 Å². The third kappa shape index (κ3) is 4.21. The summed E-state index contributed by atoms with van der Waals surface area (Å²) in [5.41, 5.74) is 6.88. The number of rotatable bonds is 6. The van der Waals surface area contributed by atoms with Crippen LogP contribution in [0.4, 0.5) is 0 Å². The highest BCUT2D eigenvalue weighted by atomic mass is 35.5. The van der Waals surface area contributed by atoms with Crippen LogP contribution in [0.15, 0.2) is 29.3 Å². The smallest absolute Gasteiger partial charge is 0.320 e. The molecule has 5 N–H and O–H groups in total. The molecule has 0 saturated heterocycles. The number of hydrogen-bond acceptors (Lipinski definition) is 4. The zero-order valence-electron chi connectivity index (χ0n) is 11.3. The van der Waals surface area contributed by atoms with E-state index in [4.69, 9.17) is 10.8 Å². The molecule has 6 nitrogen and oxygen atoms in total. The first-order chi connectivity index (χ1) is 9.59. The number of nitrogens with one attached hydrogen (secondary N) is 1. The molecule has 7 heteroatoms. The summed E-state index contributed by atoms with van der Waals surface area (Å²) in [7, 11) is 0. The van der Waals surface area contributed by atoms with Gasteiger partial charge >= 0.3 is 5.97 Å². The third-order valence-corrected chi connectivity index (χ3v) is 3.07. The number of para-hydroxylation sites is 1. The standard InChI is InChI=1S/C14H17N3O3.ClH/c15-11(14(19)20)5-3-7-16-8-10-9-4-1-2-6-12(9)17-13(10)18;/h1-2,4,6,8,11,17-18H,3,5,7,15H2,(H,19,20);1H/t11-;/m0./s1. The summed E-state index contributed by atoms with van der Waals surface area (Å²) in [4.78, 5) is 17.6. The van der Waals surface area contributed by atoms with Gasteiger partial charge in [0.05, 0.1) is 5.56 Å². The van der Waals surface area contributed by atoms with Gasteiger partial charge in [-0.05, 0) is 18.9 Å². The van der Waals surface area contributed by atoms with E-state index in [-0.39, 0.29) is 18.3 Å². The fourth-order valence-electron chi connectivity index (χ4n) is 1.96. The van der Waals surface area contributed by atoms with Crippen molar-refractivity contribution in [2.45, 2.75) is 18.9 Å². The molecule has 1 atom stereocenters. The van der Waals surface area contributed by atoms with E-state index >= 15 is 0 Å². The van der Waals surface area contributed by atoms with Crippen molar-refractivity contribution in [3.8, 4) is 5.88 Å². The summed E-state index contributed by atoms with van der Waals surface area (Å²) in [5.74, 6) is -0.916. The number of carboxylic acid groups (broad SMARTS) is 1. The van der Waals surface area contributed by atoms with Crippen LogP contribution in [0.5, 0.6) is 5.88 Å². The molecule has 0 saturated carbocycles. The van der Waals surface area contributed by atoms with Crippen LogP contribution >= 0.6 is 12.4 Å². The predicted molar refractivity (Wildman–Crippen MR) is 84.5 cm³/mol. The molecule has 0 spiro atoms. The summed E-state index contributed by atoms with van der Waals surface area (Å²) >= 11 is 0. The Hall–Kier alpha value is -2.05. The number of aliphatic imine (C=N–C) groups is 1. The number of aliphatic carboxylic acids is 1. The SMILES string of the molecule is Cl.N[C@@H](CCCN=Cc1c(O)[nH]c2ccccc12)C(=O)O. The Bertz CT molecular complexity index is 639. The van der Waals surface area contributed by atoms with Crippen LogP contribution in [0.3, 0.4) is 0 Å². The molecule has 0 unspecified atom stereocenters. The molecule has 21 heavy (non-hydrogen) atoms. The van der Waals surface area contributed by atoms with E-state index in [1.807, 2.05) is 24.3 Å². The van der Waals surface area contributed by atoms with Gasteiger partial charge in [0.1, 0.15) is 6.04 Å². The number of halogens is 1. The summed E-state index contributed by atoms with van der Waals surface area (Å²) < 4.78 is 0. The fourth-order valence-corrected chi connectivity index (χ4v) is 1.96. The summed E-state index contributed by atoms with van der Waals surface area (Å²) in [6.45, 7) is 0.472. The Balaban J connectivity index is 0.00000220. The molecule has 2 aromatic rings. The minimum Gasteiger partial charge on any atom is -0.494 e. The van der Waals surface area contributed by atoms with Crippen molar-refractivity contribution in [3.63, 3.8) is 0 Å². The van der Waals surface area contributed by atoms with Gasteiger partial charge in [-0.2, -0.15) is 0 Å². The fraction of sp³-hybridized carbons (Fsp3) is 0.286. The molecule has 114 valence electrons. The maximum Gasteiger partial charge on any atom is 0.320 e. The van der Waals surface area contributed by atoms with Gasteiger partial charge in [0.2, 0.25) is 0 Å². The van der Waals surface area contributed by atoms with Crippen molar-refractivity contribution in [3.05, 3.63) is 29.8 Å². The van der Waals surface area contributed by atoms with Gasteiger partial charge in [-0.1, -0.05) is 18.2 Å². The van der Waals surface area contributed by atoms with Gasteiger partial charge in [-0.15, -0.1) is 12.4 Å². The summed E-state index contributed by atoms with van der Waals surface area (Å²) in [6, 6.07) is 6.70. The topological polar surface area (TPSA) is 112 Å². The summed E-state index contributed by atoms with van der Waals surface area (Å²) in [5, 5.41) is 19.3.